The zero-order valence-corrected chi connectivity index (χ0v) is 11.4. The van der Waals surface area contributed by atoms with Gasteiger partial charge in [-0.3, -0.25) is 9.88 Å². The van der Waals surface area contributed by atoms with E-state index >= 15 is 0 Å². The molecule has 2 heterocycles. The zero-order valence-electron chi connectivity index (χ0n) is 11.4. The van der Waals surface area contributed by atoms with E-state index in [1.807, 2.05) is 12.4 Å². The summed E-state index contributed by atoms with van der Waals surface area (Å²) in [5, 5.41) is 0. The predicted molar refractivity (Wildman–Crippen MR) is 75.2 cm³/mol. The number of hydrogen-bond acceptors (Lipinski definition) is 3. The first-order chi connectivity index (χ1) is 8.85. The van der Waals surface area contributed by atoms with E-state index in [2.05, 4.69) is 28.9 Å². The quantitative estimate of drug-likeness (QED) is 0.869. The van der Waals surface area contributed by atoms with Crippen molar-refractivity contribution in [2.45, 2.75) is 38.6 Å². The van der Waals surface area contributed by atoms with E-state index in [0.29, 0.717) is 12.6 Å². The van der Waals surface area contributed by atoms with Crippen LogP contribution in [0.15, 0.2) is 24.5 Å². The highest BCUT2D eigenvalue weighted by Crippen LogP contribution is 2.27. The maximum absolute atomic E-state index is 5.97. The molecule has 2 N–H and O–H groups in total. The highest BCUT2D eigenvalue weighted by Gasteiger charge is 2.24. The molecule has 0 saturated carbocycles. The standard InChI is InChI=1S/C15H25N3/c1-2-3-13-6-10-18(11-7-13)15(12-16)14-4-8-17-9-5-14/h4-5,8-9,13,15H,2-3,6-7,10-12,16H2,1H3. The van der Waals surface area contributed by atoms with Gasteiger partial charge in [-0.15, -0.1) is 0 Å². The highest BCUT2D eigenvalue weighted by molar-refractivity contribution is 5.15. The second-order valence-electron chi connectivity index (χ2n) is 5.30. The second kappa shape index (κ2) is 6.86. The Morgan fingerprint density at radius 1 is 1.33 bits per heavy atom. The Kier molecular flexibility index (Phi) is 5.14. The third kappa shape index (κ3) is 3.30. The summed E-state index contributed by atoms with van der Waals surface area (Å²) in [5.41, 5.74) is 7.27. The van der Waals surface area contributed by atoms with E-state index in [0.717, 1.165) is 5.92 Å². The smallest absolute Gasteiger partial charge is 0.0471 e. The molecule has 1 aliphatic rings. The Morgan fingerprint density at radius 2 is 2.00 bits per heavy atom. The highest BCUT2D eigenvalue weighted by atomic mass is 15.2. The first kappa shape index (κ1) is 13.5. The number of pyridine rings is 1. The number of nitrogens with zero attached hydrogens (tertiary/aromatic N) is 2. The number of likely N-dealkylation sites (tertiary alicyclic amines) is 1. The molecular formula is C15H25N3. The van der Waals surface area contributed by atoms with Crippen molar-refractivity contribution in [2.24, 2.45) is 11.7 Å². The Bertz CT molecular complexity index is 331. The van der Waals surface area contributed by atoms with Crippen LogP contribution >= 0.6 is 0 Å². The Balaban J connectivity index is 1.95. The average molecular weight is 247 g/mol. The van der Waals surface area contributed by atoms with Gasteiger partial charge in [-0.2, -0.15) is 0 Å². The molecule has 18 heavy (non-hydrogen) atoms. The van der Waals surface area contributed by atoms with E-state index in [4.69, 9.17) is 5.73 Å². The van der Waals surface area contributed by atoms with Crippen LogP contribution in [0.1, 0.15) is 44.2 Å². The lowest BCUT2D eigenvalue weighted by molar-refractivity contribution is 0.131. The van der Waals surface area contributed by atoms with Gasteiger partial charge in [-0.1, -0.05) is 19.8 Å². The van der Waals surface area contributed by atoms with E-state index in [1.54, 1.807) is 0 Å². The monoisotopic (exact) mass is 247 g/mol. The summed E-state index contributed by atoms with van der Waals surface area (Å²) in [5.74, 6) is 0.933. The fourth-order valence-corrected chi connectivity index (χ4v) is 3.04. The maximum Gasteiger partial charge on any atom is 0.0471 e. The zero-order chi connectivity index (χ0) is 12.8. The van der Waals surface area contributed by atoms with E-state index in [-0.39, 0.29) is 0 Å². The third-order valence-electron chi connectivity index (χ3n) is 4.10. The van der Waals surface area contributed by atoms with Crippen LogP contribution in [-0.4, -0.2) is 29.5 Å². The van der Waals surface area contributed by atoms with E-state index in [1.165, 1.54) is 44.3 Å². The molecule has 0 bridgehead atoms. The Morgan fingerprint density at radius 3 is 2.56 bits per heavy atom. The molecule has 1 aliphatic heterocycles. The summed E-state index contributed by atoms with van der Waals surface area (Å²) in [4.78, 5) is 6.63. The van der Waals surface area contributed by atoms with Crippen LogP contribution in [0.25, 0.3) is 0 Å². The minimum absolute atomic E-state index is 0.371. The van der Waals surface area contributed by atoms with Gasteiger partial charge in [0.1, 0.15) is 0 Å². The molecule has 1 atom stereocenters. The first-order valence-electron chi connectivity index (χ1n) is 7.19. The van der Waals surface area contributed by atoms with Gasteiger partial charge in [0, 0.05) is 25.0 Å². The molecule has 2 rings (SSSR count). The Hall–Kier alpha value is -0.930. The van der Waals surface area contributed by atoms with Gasteiger partial charge in [0.15, 0.2) is 0 Å². The van der Waals surface area contributed by atoms with Crippen LogP contribution in [0.2, 0.25) is 0 Å². The molecule has 0 aliphatic carbocycles. The minimum Gasteiger partial charge on any atom is -0.329 e. The molecule has 3 nitrogen and oxygen atoms in total. The Labute approximate surface area is 110 Å². The lowest BCUT2D eigenvalue weighted by Gasteiger charge is -2.37. The molecule has 3 heteroatoms. The van der Waals surface area contributed by atoms with Crippen LogP contribution in [0.5, 0.6) is 0 Å². The topological polar surface area (TPSA) is 42.1 Å². The van der Waals surface area contributed by atoms with Crippen molar-refractivity contribution in [1.29, 1.82) is 0 Å². The summed E-state index contributed by atoms with van der Waals surface area (Å²) >= 11 is 0. The fraction of sp³-hybridized carbons (Fsp3) is 0.667. The predicted octanol–water partition coefficient (Wildman–Crippen LogP) is 2.59. The van der Waals surface area contributed by atoms with Gasteiger partial charge >= 0.3 is 0 Å². The van der Waals surface area contributed by atoms with Crippen molar-refractivity contribution in [3.63, 3.8) is 0 Å². The molecule has 0 aromatic carbocycles. The van der Waals surface area contributed by atoms with Crippen LogP contribution in [0.3, 0.4) is 0 Å². The number of hydrogen-bond donors (Lipinski definition) is 1. The molecule has 1 aromatic heterocycles. The fourth-order valence-electron chi connectivity index (χ4n) is 3.04. The molecule has 1 aromatic rings. The molecular weight excluding hydrogens is 222 g/mol. The van der Waals surface area contributed by atoms with Crippen LogP contribution in [-0.2, 0) is 0 Å². The average Bonchev–Trinajstić information content (AvgIpc) is 2.43. The van der Waals surface area contributed by atoms with E-state index in [9.17, 15) is 0 Å². The van der Waals surface area contributed by atoms with Crippen molar-refractivity contribution in [3.8, 4) is 0 Å². The van der Waals surface area contributed by atoms with Crippen molar-refractivity contribution in [2.75, 3.05) is 19.6 Å². The summed E-state index contributed by atoms with van der Waals surface area (Å²) in [6.45, 7) is 5.36. The number of piperidine rings is 1. The summed E-state index contributed by atoms with van der Waals surface area (Å²) in [6, 6.07) is 4.56. The van der Waals surface area contributed by atoms with Gasteiger partial charge in [0.05, 0.1) is 0 Å². The number of aromatic nitrogens is 1. The SMILES string of the molecule is CCCC1CCN(C(CN)c2ccncc2)CC1. The molecule has 0 amide bonds. The summed E-state index contributed by atoms with van der Waals surface area (Å²) in [7, 11) is 0. The summed E-state index contributed by atoms with van der Waals surface area (Å²) in [6.07, 6.45) is 9.08. The lowest BCUT2D eigenvalue weighted by atomic mass is 9.91. The van der Waals surface area contributed by atoms with Crippen molar-refractivity contribution < 1.29 is 0 Å². The molecule has 1 saturated heterocycles. The normalized spacial score (nSPS) is 19.9. The third-order valence-corrected chi connectivity index (χ3v) is 4.10. The molecule has 1 fully saturated rings. The van der Waals surface area contributed by atoms with Crippen molar-refractivity contribution in [3.05, 3.63) is 30.1 Å². The second-order valence-corrected chi connectivity index (χ2v) is 5.30. The molecule has 100 valence electrons. The number of nitrogens with two attached hydrogens (primary N) is 1. The van der Waals surface area contributed by atoms with Gasteiger partial charge in [0.2, 0.25) is 0 Å². The minimum atomic E-state index is 0.371. The van der Waals surface area contributed by atoms with Crippen LogP contribution in [0.4, 0.5) is 0 Å². The van der Waals surface area contributed by atoms with Crippen molar-refractivity contribution in [1.82, 2.24) is 9.88 Å². The molecule has 0 spiro atoms. The summed E-state index contributed by atoms with van der Waals surface area (Å²) < 4.78 is 0. The van der Waals surface area contributed by atoms with Gasteiger partial charge in [-0.25, -0.2) is 0 Å². The lowest BCUT2D eigenvalue weighted by Crippen LogP contribution is -2.39. The van der Waals surface area contributed by atoms with Crippen LogP contribution < -0.4 is 5.73 Å². The molecule has 0 radical (unpaired) electrons. The maximum atomic E-state index is 5.97. The number of rotatable bonds is 5. The van der Waals surface area contributed by atoms with Gasteiger partial charge in [0.25, 0.3) is 0 Å². The van der Waals surface area contributed by atoms with Crippen molar-refractivity contribution >= 4 is 0 Å². The van der Waals surface area contributed by atoms with E-state index < -0.39 is 0 Å². The first-order valence-corrected chi connectivity index (χ1v) is 7.19. The largest absolute Gasteiger partial charge is 0.329 e. The molecule has 1 unspecified atom stereocenters. The van der Waals surface area contributed by atoms with Crippen LogP contribution in [0, 0.1) is 5.92 Å². The van der Waals surface area contributed by atoms with Gasteiger partial charge in [-0.05, 0) is 49.5 Å². The van der Waals surface area contributed by atoms with Gasteiger partial charge < -0.3 is 5.73 Å².